The average molecular weight is 276 g/mol. The Balaban J connectivity index is 5.08. The molecule has 0 rings (SSSR count). The van der Waals surface area contributed by atoms with Crippen LogP contribution in [-0.2, 0) is 4.12 Å². The van der Waals surface area contributed by atoms with E-state index in [2.05, 4.69) is 41.5 Å². The first kappa shape index (κ1) is 17.4. The van der Waals surface area contributed by atoms with Gasteiger partial charge in [0.25, 0.3) is 0 Å². The molecule has 0 aromatic heterocycles. The van der Waals surface area contributed by atoms with Crippen LogP contribution < -0.4 is 5.73 Å². The topological polar surface area (TPSA) is 35.2 Å². The van der Waals surface area contributed by atoms with Gasteiger partial charge in [-0.3, -0.25) is 0 Å². The van der Waals surface area contributed by atoms with Crippen molar-refractivity contribution < 1.29 is 4.12 Å². The van der Waals surface area contributed by atoms with Crippen LogP contribution in [0.3, 0.4) is 0 Å². The maximum absolute atomic E-state index is 6.92. The quantitative estimate of drug-likeness (QED) is 0.635. The van der Waals surface area contributed by atoms with Gasteiger partial charge in [0.15, 0.2) is 16.6 Å². The van der Waals surface area contributed by atoms with E-state index in [1.165, 1.54) is 30.2 Å². The molecular formula is C13H33NOSi2. The van der Waals surface area contributed by atoms with Gasteiger partial charge in [0.2, 0.25) is 0 Å². The third-order valence-electron chi connectivity index (χ3n) is 4.80. The maximum atomic E-state index is 6.92. The predicted molar refractivity (Wildman–Crippen MR) is 83.5 cm³/mol. The minimum absolute atomic E-state index is 0.592. The summed E-state index contributed by atoms with van der Waals surface area (Å²) in [4.78, 5) is 0. The van der Waals surface area contributed by atoms with Crippen LogP contribution in [0, 0.1) is 0 Å². The highest BCUT2D eigenvalue weighted by Crippen LogP contribution is 2.36. The molecule has 0 amide bonds. The van der Waals surface area contributed by atoms with Crippen LogP contribution in [0.5, 0.6) is 0 Å². The summed E-state index contributed by atoms with van der Waals surface area (Å²) in [6.45, 7) is 14.7. The van der Waals surface area contributed by atoms with Crippen LogP contribution in [0.2, 0.25) is 35.8 Å². The smallest absolute Gasteiger partial charge is 0.183 e. The van der Waals surface area contributed by atoms with E-state index in [-0.39, 0.29) is 0 Å². The highest BCUT2D eigenvalue weighted by molar-refractivity contribution is 6.87. The van der Waals surface area contributed by atoms with Gasteiger partial charge in [0, 0.05) is 0 Å². The second-order valence-electron chi connectivity index (χ2n) is 5.25. The molecule has 0 bridgehead atoms. The fourth-order valence-corrected chi connectivity index (χ4v) is 13.8. The molecule has 17 heavy (non-hydrogen) atoms. The summed E-state index contributed by atoms with van der Waals surface area (Å²) in [7, 11) is -3.08. The highest BCUT2D eigenvalue weighted by atomic mass is 28.4. The zero-order valence-corrected chi connectivity index (χ0v) is 14.8. The van der Waals surface area contributed by atoms with Crippen molar-refractivity contribution in [3.63, 3.8) is 0 Å². The molecule has 104 valence electrons. The van der Waals surface area contributed by atoms with Gasteiger partial charge in [-0.05, 0) is 42.3 Å². The maximum Gasteiger partial charge on any atom is 0.183 e. The molecule has 4 heteroatoms. The van der Waals surface area contributed by atoms with Crippen LogP contribution in [0.25, 0.3) is 0 Å². The standard InChI is InChI=1S/C13H33NOSi2/c1-7-16(8-2,9-3)15-17(10-4,11-5)13(6)12-14/h13H,7-12,14H2,1-6H3. The van der Waals surface area contributed by atoms with Crippen molar-refractivity contribution >= 4 is 16.6 Å². The zero-order chi connectivity index (χ0) is 13.5. The molecule has 2 N–H and O–H groups in total. The minimum Gasteiger partial charge on any atom is -0.455 e. The van der Waals surface area contributed by atoms with Crippen molar-refractivity contribution in [1.82, 2.24) is 0 Å². The number of hydrogen-bond acceptors (Lipinski definition) is 2. The van der Waals surface area contributed by atoms with Gasteiger partial charge in [-0.15, -0.1) is 0 Å². The summed E-state index contributed by atoms with van der Waals surface area (Å²) in [5, 5.41) is 0. The summed E-state index contributed by atoms with van der Waals surface area (Å²) < 4.78 is 6.92. The lowest BCUT2D eigenvalue weighted by Gasteiger charge is -2.43. The van der Waals surface area contributed by atoms with E-state index in [4.69, 9.17) is 9.85 Å². The predicted octanol–water partition coefficient (Wildman–Crippen LogP) is 4.34. The van der Waals surface area contributed by atoms with Gasteiger partial charge >= 0.3 is 0 Å². The molecule has 1 atom stereocenters. The molecule has 0 aromatic rings. The third-order valence-corrected chi connectivity index (χ3v) is 16.5. The van der Waals surface area contributed by atoms with Crippen molar-refractivity contribution in [3.8, 4) is 0 Å². The Labute approximate surface area is 111 Å². The van der Waals surface area contributed by atoms with E-state index in [0.29, 0.717) is 5.54 Å². The lowest BCUT2D eigenvalue weighted by atomic mass is 10.5. The largest absolute Gasteiger partial charge is 0.455 e. The lowest BCUT2D eigenvalue weighted by Crippen LogP contribution is -2.53. The second kappa shape index (κ2) is 7.72. The Morgan fingerprint density at radius 2 is 1.29 bits per heavy atom. The molecule has 0 spiro atoms. The fraction of sp³-hybridized carbons (Fsp3) is 1.00. The first-order valence-electron chi connectivity index (χ1n) is 7.39. The van der Waals surface area contributed by atoms with Crippen LogP contribution in [0.15, 0.2) is 0 Å². The SMILES string of the molecule is CC[Si](CC)(CC)O[Si](CC)(CC)C(C)CN. The van der Waals surface area contributed by atoms with E-state index in [0.717, 1.165) is 6.54 Å². The molecule has 0 fully saturated rings. The summed E-state index contributed by atoms with van der Waals surface area (Å²) in [5.74, 6) is 0. The van der Waals surface area contributed by atoms with Gasteiger partial charge in [-0.1, -0.05) is 41.5 Å². The molecule has 0 aliphatic rings. The van der Waals surface area contributed by atoms with E-state index in [9.17, 15) is 0 Å². The lowest BCUT2D eigenvalue weighted by molar-refractivity contribution is 0.489. The first-order valence-corrected chi connectivity index (χ1v) is 12.3. The molecule has 1 unspecified atom stereocenters. The van der Waals surface area contributed by atoms with Crippen molar-refractivity contribution in [1.29, 1.82) is 0 Å². The summed E-state index contributed by atoms with van der Waals surface area (Å²) >= 11 is 0. The van der Waals surface area contributed by atoms with E-state index in [1.807, 2.05) is 0 Å². The third kappa shape index (κ3) is 3.91. The average Bonchev–Trinajstić information content (AvgIpc) is 2.41. The molecular weight excluding hydrogens is 242 g/mol. The second-order valence-corrected chi connectivity index (χ2v) is 15.1. The van der Waals surface area contributed by atoms with Gasteiger partial charge in [-0.25, -0.2) is 0 Å². The van der Waals surface area contributed by atoms with Gasteiger partial charge < -0.3 is 9.85 Å². The molecule has 0 aromatic carbocycles. The fourth-order valence-electron chi connectivity index (χ4n) is 2.80. The molecule has 0 aliphatic carbocycles. The van der Waals surface area contributed by atoms with Crippen molar-refractivity contribution in [2.45, 2.75) is 77.3 Å². The Bertz CT molecular complexity index is 195. The van der Waals surface area contributed by atoms with Crippen LogP contribution >= 0.6 is 0 Å². The minimum atomic E-state index is -1.61. The molecule has 0 radical (unpaired) electrons. The highest BCUT2D eigenvalue weighted by Gasteiger charge is 2.43. The molecule has 2 nitrogen and oxygen atoms in total. The van der Waals surface area contributed by atoms with Gasteiger partial charge in [0.1, 0.15) is 0 Å². The number of rotatable bonds is 9. The molecule has 0 aliphatic heterocycles. The number of hydrogen-bond donors (Lipinski definition) is 1. The summed E-state index contributed by atoms with van der Waals surface area (Å²) in [5.41, 5.74) is 6.51. The van der Waals surface area contributed by atoms with Crippen molar-refractivity contribution in [2.24, 2.45) is 5.73 Å². The zero-order valence-electron chi connectivity index (χ0n) is 12.8. The van der Waals surface area contributed by atoms with Gasteiger partial charge in [-0.2, -0.15) is 0 Å². The summed E-state index contributed by atoms with van der Waals surface area (Å²) in [6, 6.07) is 6.21. The van der Waals surface area contributed by atoms with Crippen molar-refractivity contribution in [3.05, 3.63) is 0 Å². The Morgan fingerprint density at radius 3 is 1.53 bits per heavy atom. The van der Waals surface area contributed by atoms with Crippen LogP contribution in [0.1, 0.15) is 41.5 Å². The molecule has 0 saturated carbocycles. The number of nitrogens with two attached hydrogens (primary N) is 1. The Kier molecular flexibility index (Phi) is 7.88. The summed E-state index contributed by atoms with van der Waals surface area (Å²) in [6.07, 6.45) is 0. The Morgan fingerprint density at radius 1 is 0.882 bits per heavy atom. The van der Waals surface area contributed by atoms with Crippen LogP contribution in [-0.4, -0.2) is 23.2 Å². The normalized spacial score (nSPS) is 15.0. The van der Waals surface area contributed by atoms with E-state index >= 15 is 0 Å². The Hall–Kier alpha value is 0.354. The monoisotopic (exact) mass is 275 g/mol. The van der Waals surface area contributed by atoms with Gasteiger partial charge in [0.05, 0.1) is 0 Å². The van der Waals surface area contributed by atoms with Crippen LogP contribution in [0.4, 0.5) is 0 Å². The first-order chi connectivity index (χ1) is 7.99. The van der Waals surface area contributed by atoms with E-state index < -0.39 is 16.6 Å². The molecule has 0 heterocycles. The molecule has 0 saturated heterocycles. The van der Waals surface area contributed by atoms with E-state index in [1.54, 1.807) is 0 Å². The van der Waals surface area contributed by atoms with Crippen molar-refractivity contribution in [2.75, 3.05) is 6.54 Å².